The van der Waals surface area contributed by atoms with E-state index in [9.17, 15) is 9.59 Å². The number of hydrogen-bond acceptors (Lipinski definition) is 6. The second-order valence-electron chi connectivity index (χ2n) is 5.29. The van der Waals surface area contributed by atoms with Crippen LogP contribution in [0.4, 0.5) is 0 Å². The molecule has 0 bridgehead atoms. The highest BCUT2D eigenvalue weighted by Crippen LogP contribution is 2.33. The molecule has 0 spiro atoms. The molecule has 0 radical (unpaired) electrons. The summed E-state index contributed by atoms with van der Waals surface area (Å²) in [5, 5.41) is 0. The SMILES string of the molecule is COc1cc(C(C)=O)ccc1OC(=O)/C=C/c1ccc2c(c1)OCO2. The van der Waals surface area contributed by atoms with Crippen molar-refractivity contribution in [3.63, 3.8) is 0 Å². The fraction of sp³-hybridized carbons (Fsp3) is 0.158. The molecule has 0 fully saturated rings. The highest BCUT2D eigenvalue weighted by molar-refractivity contribution is 5.95. The van der Waals surface area contributed by atoms with Crippen LogP contribution in [0.25, 0.3) is 6.08 Å². The summed E-state index contributed by atoms with van der Waals surface area (Å²) in [5.74, 6) is 1.21. The Morgan fingerprint density at radius 2 is 1.84 bits per heavy atom. The van der Waals surface area contributed by atoms with Gasteiger partial charge < -0.3 is 18.9 Å². The summed E-state index contributed by atoms with van der Waals surface area (Å²) in [6, 6.07) is 9.99. The van der Waals surface area contributed by atoms with Gasteiger partial charge in [0.1, 0.15) is 0 Å². The van der Waals surface area contributed by atoms with E-state index < -0.39 is 5.97 Å². The van der Waals surface area contributed by atoms with E-state index in [4.69, 9.17) is 18.9 Å². The normalized spacial score (nSPS) is 12.2. The maximum atomic E-state index is 12.0. The van der Waals surface area contributed by atoms with Crippen LogP contribution in [0.15, 0.2) is 42.5 Å². The van der Waals surface area contributed by atoms with Crippen molar-refractivity contribution in [3.05, 3.63) is 53.6 Å². The first-order valence-corrected chi connectivity index (χ1v) is 7.55. The van der Waals surface area contributed by atoms with Gasteiger partial charge in [-0.05, 0) is 48.9 Å². The highest BCUT2D eigenvalue weighted by Gasteiger charge is 2.13. The maximum absolute atomic E-state index is 12.0. The monoisotopic (exact) mass is 340 g/mol. The number of ketones is 1. The molecule has 25 heavy (non-hydrogen) atoms. The van der Waals surface area contributed by atoms with Gasteiger partial charge in [-0.25, -0.2) is 4.79 Å². The van der Waals surface area contributed by atoms with Crippen LogP contribution in [0.3, 0.4) is 0 Å². The van der Waals surface area contributed by atoms with Crippen molar-refractivity contribution in [3.8, 4) is 23.0 Å². The minimum Gasteiger partial charge on any atom is -0.493 e. The number of esters is 1. The third kappa shape index (κ3) is 3.80. The van der Waals surface area contributed by atoms with Gasteiger partial charge in [-0.3, -0.25) is 4.79 Å². The molecule has 2 aromatic rings. The fourth-order valence-electron chi connectivity index (χ4n) is 2.29. The number of hydrogen-bond donors (Lipinski definition) is 0. The Labute approximate surface area is 144 Å². The molecule has 1 aliphatic rings. The minimum absolute atomic E-state index is 0.0983. The van der Waals surface area contributed by atoms with Crippen LogP contribution in [0.5, 0.6) is 23.0 Å². The van der Waals surface area contributed by atoms with Crippen molar-refractivity contribution in [2.24, 2.45) is 0 Å². The van der Waals surface area contributed by atoms with E-state index in [1.807, 2.05) is 0 Å². The molecule has 1 aliphatic heterocycles. The number of rotatable bonds is 5. The van der Waals surface area contributed by atoms with E-state index in [0.717, 1.165) is 5.56 Å². The molecular formula is C19H16O6. The number of Topliss-reactive ketones (excluding diaryl/α,β-unsaturated/α-hetero) is 1. The molecule has 1 heterocycles. The third-order valence-corrected chi connectivity index (χ3v) is 3.59. The van der Waals surface area contributed by atoms with Crippen LogP contribution in [0, 0.1) is 0 Å². The number of carbonyl (C=O) groups is 2. The molecule has 0 unspecified atom stereocenters. The summed E-state index contributed by atoms with van der Waals surface area (Å²) in [6.45, 7) is 1.65. The summed E-state index contributed by atoms with van der Waals surface area (Å²) < 4.78 is 21.0. The number of methoxy groups -OCH3 is 1. The smallest absolute Gasteiger partial charge is 0.336 e. The molecular weight excluding hydrogens is 324 g/mol. The zero-order valence-electron chi connectivity index (χ0n) is 13.8. The second-order valence-corrected chi connectivity index (χ2v) is 5.29. The molecule has 0 saturated heterocycles. The first-order chi connectivity index (χ1) is 12.1. The highest BCUT2D eigenvalue weighted by atomic mass is 16.7. The van der Waals surface area contributed by atoms with Gasteiger partial charge in [0.15, 0.2) is 28.8 Å². The van der Waals surface area contributed by atoms with Crippen LogP contribution in [0.1, 0.15) is 22.8 Å². The average Bonchev–Trinajstić information content (AvgIpc) is 3.07. The molecule has 0 aliphatic carbocycles. The van der Waals surface area contributed by atoms with Gasteiger partial charge in [0.2, 0.25) is 6.79 Å². The predicted octanol–water partition coefficient (Wildman–Crippen LogP) is 3.25. The van der Waals surface area contributed by atoms with Crippen molar-refractivity contribution in [2.75, 3.05) is 13.9 Å². The zero-order chi connectivity index (χ0) is 17.8. The second kappa shape index (κ2) is 7.09. The van der Waals surface area contributed by atoms with Gasteiger partial charge >= 0.3 is 5.97 Å². The first kappa shape index (κ1) is 16.6. The molecule has 0 N–H and O–H groups in total. The Morgan fingerprint density at radius 1 is 1.04 bits per heavy atom. The number of ether oxygens (including phenoxy) is 4. The molecule has 0 aromatic heterocycles. The lowest BCUT2D eigenvalue weighted by atomic mass is 10.1. The lowest BCUT2D eigenvalue weighted by Crippen LogP contribution is -2.05. The van der Waals surface area contributed by atoms with Crippen LogP contribution < -0.4 is 18.9 Å². The minimum atomic E-state index is -0.563. The Balaban J connectivity index is 1.71. The molecule has 0 saturated carbocycles. The lowest BCUT2D eigenvalue weighted by Gasteiger charge is -2.08. The first-order valence-electron chi connectivity index (χ1n) is 7.55. The summed E-state index contributed by atoms with van der Waals surface area (Å²) in [7, 11) is 1.44. The van der Waals surface area contributed by atoms with Crippen molar-refractivity contribution < 1.29 is 28.5 Å². The molecule has 128 valence electrons. The largest absolute Gasteiger partial charge is 0.493 e. The van der Waals surface area contributed by atoms with Crippen molar-refractivity contribution in [1.29, 1.82) is 0 Å². The van der Waals surface area contributed by atoms with Gasteiger partial charge in [-0.2, -0.15) is 0 Å². The maximum Gasteiger partial charge on any atom is 0.336 e. The van der Waals surface area contributed by atoms with E-state index in [-0.39, 0.29) is 18.3 Å². The van der Waals surface area contributed by atoms with Crippen LogP contribution in [0.2, 0.25) is 0 Å². The van der Waals surface area contributed by atoms with E-state index in [1.54, 1.807) is 30.3 Å². The van der Waals surface area contributed by atoms with E-state index in [1.165, 1.54) is 32.2 Å². The molecule has 0 atom stereocenters. The quantitative estimate of drug-likeness (QED) is 0.360. The summed E-state index contributed by atoms with van der Waals surface area (Å²) in [5.41, 5.74) is 1.26. The zero-order valence-corrected chi connectivity index (χ0v) is 13.8. The standard InChI is InChI=1S/C19H16O6/c1-12(20)14-5-7-16(17(10-14)22-2)25-19(21)8-4-13-3-6-15-18(9-13)24-11-23-15/h3-10H,11H2,1-2H3/b8-4+. The Bertz CT molecular complexity index is 853. The number of fused-ring (bicyclic) bond motifs is 1. The topological polar surface area (TPSA) is 71.1 Å². The van der Waals surface area contributed by atoms with Gasteiger partial charge in [0.25, 0.3) is 0 Å². The molecule has 6 nitrogen and oxygen atoms in total. The van der Waals surface area contributed by atoms with Gasteiger partial charge in [-0.1, -0.05) is 6.07 Å². The summed E-state index contributed by atoms with van der Waals surface area (Å²) in [6.07, 6.45) is 2.91. The van der Waals surface area contributed by atoms with E-state index >= 15 is 0 Å². The van der Waals surface area contributed by atoms with Gasteiger partial charge in [-0.15, -0.1) is 0 Å². The molecule has 2 aromatic carbocycles. The Hall–Kier alpha value is -3.28. The van der Waals surface area contributed by atoms with Crippen LogP contribution in [-0.4, -0.2) is 25.7 Å². The van der Waals surface area contributed by atoms with Gasteiger partial charge in [0, 0.05) is 11.6 Å². The van der Waals surface area contributed by atoms with Gasteiger partial charge in [0.05, 0.1) is 7.11 Å². The lowest BCUT2D eigenvalue weighted by molar-refractivity contribution is -0.129. The third-order valence-electron chi connectivity index (χ3n) is 3.59. The van der Waals surface area contributed by atoms with Crippen molar-refractivity contribution in [1.82, 2.24) is 0 Å². The molecule has 0 amide bonds. The summed E-state index contributed by atoms with van der Waals surface area (Å²) in [4.78, 5) is 23.4. The predicted molar refractivity (Wildman–Crippen MR) is 90.2 cm³/mol. The Morgan fingerprint density at radius 3 is 2.60 bits per heavy atom. The fourth-order valence-corrected chi connectivity index (χ4v) is 2.29. The van der Waals surface area contributed by atoms with Crippen LogP contribution in [-0.2, 0) is 4.79 Å². The van der Waals surface area contributed by atoms with E-state index in [2.05, 4.69) is 0 Å². The van der Waals surface area contributed by atoms with Crippen molar-refractivity contribution >= 4 is 17.8 Å². The number of benzene rings is 2. The average molecular weight is 340 g/mol. The van der Waals surface area contributed by atoms with E-state index in [0.29, 0.717) is 22.8 Å². The summed E-state index contributed by atoms with van der Waals surface area (Å²) >= 11 is 0. The number of carbonyl (C=O) groups excluding carboxylic acids is 2. The molecule has 6 heteroatoms. The Kier molecular flexibility index (Phi) is 4.70. The van der Waals surface area contributed by atoms with Crippen molar-refractivity contribution in [2.45, 2.75) is 6.92 Å². The molecule has 3 rings (SSSR count). The van der Waals surface area contributed by atoms with Crippen LogP contribution >= 0.6 is 0 Å².